The first-order valence-corrected chi connectivity index (χ1v) is 4.16. The average Bonchev–Trinajstić information content (AvgIpc) is 1.94. The zero-order chi connectivity index (χ0) is 8.43. The van der Waals surface area contributed by atoms with Gasteiger partial charge in [-0.2, -0.15) is 0 Å². The molecule has 2 nitrogen and oxygen atoms in total. The van der Waals surface area contributed by atoms with Gasteiger partial charge in [0.2, 0.25) is 0 Å². The van der Waals surface area contributed by atoms with Gasteiger partial charge in [-0.15, -0.1) is 0 Å². The fourth-order valence-electron chi connectivity index (χ4n) is 0.720. The molecule has 0 aliphatic carbocycles. The quantitative estimate of drug-likeness (QED) is 0.706. The average molecular weight is 261 g/mol. The van der Waals surface area contributed by atoms with Crippen LogP contribution in [0, 0.1) is 10.5 Å². The van der Waals surface area contributed by atoms with E-state index < -0.39 is 5.97 Å². The first kappa shape index (κ1) is 8.52. The summed E-state index contributed by atoms with van der Waals surface area (Å²) in [7, 11) is 0. The Bertz CT molecular complexity index is 294. The molecule has 0 bridgehead atoms. The molecule has 0 spiro atoms. The summed E-state index contributed by atoms with van der Waals surface area (Å²) in [6.07, 6.45) is 0. The van der Waals surface area contributed by atoms with E-state index in [4.69, 9.17) is 0 Å². The lowest BCUT2D eigenvalue weighted by Crippen LogP contribution is -2.22. The summed E-state index contributed by atoms with van der Waals surface area (Å²) in [5.74, 6) is -1.12. The highest BCUT2D eigenvalue weighted by molar-refractivity contribution is 14.1. The molecule has 0 fully saturated rings. The predicted octanol–water partition coefficient (Wildman–Crippen LogP) is 0.963. The molecule has 0 N–H and O–H groups in total. The number of aromatic carboxylic acids is 1. The van der Waals surface area contributed by atoms with Crippen LogP contribution in [0.2, 0.25) is 0 Å². The lowest BCUT2D eigenvalue weighted by atomic mass is 10.2. The second-order valence-corrected chi connectivity index (χ2v) is 3.41. The number of carbonyl (C=O) groups excluding carboxylic acids is 1. The van der Waals surface area contributed by atoms with Gasteiger partial charge in [-0.05, 0) is 46.7 Å². The lowest BCUT2D eigenvalue weighted by Gasteiger charge is -2.03. The van der Waals surface area contributed by atoms with Crippen LogP contribution in [0.4, 0.5) is 0 Å². The SMILES string of the molecule is Cc1ccc(C(=O)[O-])cc1I. The third-order valence-corrected chi connectivity index (χ3v) is 2.57. The number of carbonyl (C=O) groups is 1. The van der Waals surface area contributed by atoms with Crippen LogP contribution in [-0.4, -0.2) is 5.97 Å². The molecular weight excluding hydrogens is 255 g/mol. The normalized spacial score (nSPS) is 9.64. The summed E-state index contributed by atoms with van der Waals surface area (Å²) < 4.78 is 0.948. The Labute approximate surface area is 78.4 Å². The Balaban J connectivity index is 3.15. The first-order chi connectivity index (χ1) is 5.11. The highest BCUT2D eigenvalue weighted by atomic mass is 127. The summed E-state index contributed by atoms with van der Waals surface area (Å²) in [5, 5.41) is 10.4. The summed E-state index contributed by atoms with van der Waals surface area (Å²) in [6.45, 7) is 1.93. The summed E-state index contributed by atoms with van der Waals surface area (Å²) >= 11 is 2.09. The second kappa shape index (κ2) is 3.21. The molecule has 1 rings (SSSR count). The van der Waals surface area contributed by atoms with Crippen LogP contribution in [-0.2, 0) is 0 Å². The minimum Gasteiger partial charge on any atom is -0.545 e. The molecule has 0 aromatic heterocycles. The van der Waals surface area contributed by atoms with E-state index in [9.17, 15) is 9.90 Å². The number of carboxylic acid groups (broad SMARTS) is 1. The first-order valence-electron chi connectivity index (χ1n) is 3.09. The van der Waals surface area contributed by atoms with Gasteiger partial charge in [0.05, 0.1) is 5.97 Å². The molecule has 0 saturated carbocycles. The molecule has 1 aromatic carbocycles. The molecule has 0 heterocycles. The molecule has 0 atom stereocenters. The maximum Gasteiger partial charge on any atom is 0.0715 e. The molecule has 0 saturated heterocycles. The molecule has 3 heteroatoms. The van der Waals surface area contributed by atoms with Crippen molar-refractivity contribution >= 4 is 28.6 Å². The lowest BCUT2D eigenvalue weighted by molar-refractivity contribution is -0.255. The maximum absolute atomic E-state index is 10.4. The zero-order valence-corrected chi connectivity index (χ0v) is 8.08. The van der Waals surface area contributed by atoms with Crippen molar-refractivity contribution in [1.29, 1.82) is 0 Å². The minimum absolute atomic E-state index is 0.236. The van der Waals surface area contributed by atoms with Crippen LogP contribution in [0.1, 0.15) is 15.9 Å². The van der Waals surface area contributed by atoms with Crippen molar-refractivity contribution in [2.45, 2.75) is 6.92 Å². The van der Waals surface area contributed by atoms with Crippen molar-refractivity contribution in [3.63, 3.8) is 0 Å². The van der Waals surface area contributed by atoms with E-state index in [1.165, 1.54) is 0 Å². The highest BCUT2D eigenvalue weighted by Gasteiger charge is 1.96. The van der Waals surface area contributed by atoms with Crippen molar-refractivity contribution in [2.75, 3.05) is 0 Å². The number of hydrogen-bond acceptors (Lipinski definition) is 2. The number of rotatable bonds is 1. The fraction of sp³-hybridized carbons (Fsp3) is 0.125. The summed E-state index contributed by atoms with van der Waals surface area (Å²) in [5.41, 5.74) is 1.32. The van der Waals surface area contributed by atoms with Gasteiger partial charge in [-0.25, -0.2) is 0 Å². The van der Waals surface area contributed by atoms with Gasteiger partial charge in [-0.3, -0.25) is 0 Å². The van der Waals surface area contributed by atoms with Crippen LogP contribution in [0.25, 0.3) is 0 Å². The van der Waals surface area contributed by atoms with Gasteiger partial charge in [-0.1, -0.05) is 12.1 Å². The molecule has 0 aliphatic heterocycles. The second-order valence-electron chi connectivity index (χ2n) is 2.25. The smallest absolute Gasteiger partial charge is 0.0715 e. The largest absolute Gasteiger partial charge is 0.545 e. The predicted molar refractivity (Wildman–Crippen MR) is 48.2 cm³/mol. The third-order valence-electron chi connectivity index (χ3n) is 1.41. The maximum atomic E-state index is 10.4. The van der Waals surface area contributed by atoms with Crippen LogP contribution < -0.4 is 5.11 Å². The monoisotopic (exact) mass is 261 g/mol. The number of aryl methyl sites for hydroxylation is 1. The Morgan fingerprint density at radius 1 is 1.55 bits per heavy atom. The van der Waals surface area contributed by atoms with Crippen molar-refractivity contribution in [3.05, 3.63) is 32.9 Å². The van der Waals surface area contributed by atoms with Crippen LogP contribution in [0.15, 0.2) is 18.2 Å². The minimum atomic E-state index is -1.12. The van der Waals surface area contributed by atoms with Crippen LogP contribution in [0.3, 0.4) is 0 Å². The van der Waals surface area contributed by atoms with Gasteiger partial charge in [0.15, 0.2) is 0 Å². The van der Waals surface area contributed by atoms with Crippen LogP contribution >= 0.6 is 22.6 Å². The number of hydrogen-bond donors (Lipinski definition) is 0. The van der Waals surface area contributed by atoms with E-state index in [0.717, 1.165) is 9.13 Å². The van der Waals surface area contributed by atoms with E-state index in [0.29, 0.717) is 0 Å². The van der Waals surface area contributed by atoms with Crippen molar-refractivity contribution in [1.82, 2.24) is 0 Å². The van der Waals surface area contributed by atoms with E-state index in [1.54, 1.807) is 18.2 Å². The van der Waals surface area contributed by atoms with Gasteiger partial charge < -0.3 is 9.90 Å². The third kappa shape index (κ3) is 1.92. The van der Waals surface area contributed by atoms with Gasteiger partial charge in [0, 0.05) is 3.57 Å². The van der Waals surface area contributed by atoms with E-state index in [1.807, 2.05) is 6.92 Å². The van der Waals surface area contributed by atoms with Crippen molar-refractivity contribution in [2.24, 2.45) is 0 Å². The fourth-order valence-corrected chi connectivity index (χ4v) is 1.24. The van der Waals surface area contributed by atoms with Crippen LogP contribution in [0.5, 0.6) is 0 Å². The standard InChI is InChI=1S/C8H7IO2/c1-5-2-3-6(8(10)11)4-7(5)9/h2-4H,1H3,(H,10,11)/p-1. The summed E-state index contributed by atoms with van der Waals surface area (Å²) in [4.78, 5) is 10.4. The molecule has 0 radical (unpaired) electrons. The molecule has 58 valence electrons. The Morgan fingerprint density at radius 3 is 2.64 bits per heavy atom. The van der Waals surface area contributed by atoms with Crippen molar-refractivity contribution in [3.8, 4) is 0 Å². The molecule has 0 unspecified atom stereocenters. The number of benzene rings is 1. The number of carboxylic acids is 1. The molecular formula is C8H6IO2-. The van der Waals surface area contributed by atoms with Crippen molar-refractivity contribution < 1.29 is 9.90 Å². The Hall–Kier alpha value is -0.580. The van der Waals surface area contributed by atoms with E-state index >= 15 is 0 Å². The molecule has 11 heavy (non-hydrogen) atoms. The number of halogens is 1. The van der Waals surface area contributed by atoms with E-state index in [2.05, 4.69) is 22.6 Å². The Morgan fingerprint density at radius 2 is 2.18 bits per heavy atom. The van der Waals surface area contributed by atoms with Gasteiger partial charge in [0.1, 0.15) is 0 Å². The molecule has 0 aliphatic rings. The van der Waals surface area contributed by atoms with Gasteiger partial charge in [0.25, 0.3) is 0 Å². The topological polar surface area (TPSA) is 40.1 Å². The molecule has 1 aromatic rings. The zero-order valence-electron chi connectivity index (χ0n) is 5.93. The van der Waals surface area contributed by atoms with Gasteiger partial charge >= 0.3 is 0 Å². The Kier molecular flexibility index (Phi) is 2.49. The molecule has 0 amide bonds. The highest BCUT2D eigenvalue weighted by Crippen LogP contribution is 2.12. The summed E-state index contributed by atoms with van der Waals surface area (Å²) in [6, 6.07) is 4.92. The van der Waals surface area contributed by atoms with E-state index in [-0.39, 0.29) is 5.56 Å².